The van der Waals surface area contributed by atoms with E-state index in [1.807, 2.05) is 6.92 Å². The van der Waals surface area contributed by atoms with E-state index >= 15 is 0 Å². The zero-order valence-electron chi connectivity index (χ0n) is 19.1. The molecular formula is C19H31ClN3O8PS. The highest BCUT2D eigenvalue weighted by molar-refractivity contribution is 8.56. The van der Waals surface area contributed by atoms with Gasteiger partial charge in [-0.25, -0.2) is 9.88 Å². The number of nitrogens with one attached hydrogen (secondary N) is 2. The van der Waals surface area contributed by atoms with E-state index in [0.29, 0.717) is 12.2 Å². The van der Waals surface area contributed by atoms with Crippen LogP contribution >= 0.6 is 29.7 Å². The molecule has 0 aromatic carbocycles. The molecule has 1 aromatic rings. The van der Waals surface area contributed by atoms with Crippen LogP contribution in [0.25, 0.3) is 0 Å². The number of carbonyl (C=O) groups excluding carboxylic acids is 1. The lowest BCUT2D eigenvalue weighted by Gasteiger charge is -2.26. The smallest absolute Gasteiger partial charge is 0.330 e. The number of carbonyl (C=O) groups is 1. The predicted octanol–water partition coefficient (Wildman–Crippen LogP) is 1.99. The van der Waals surface area contributed by atoms with Crippen molar-refractivity contribution < 1.29 is 28.5 Å². The van der Waals surface area contributed by atoms with Crippen molar-refractivity contribution in [1.82, 2.24) is 14.6 Å². The second-order valence-electron chi connectivity index (χ2n) is 8.10. The lowest BCUT2D eigenvalue weighted by Crippen LogP contribution is -2.43. The molecule has 188 valence electrons. The summed E-state index contributed by atoms with van der Waals surface area (Å²) >= 11 is 7.52. The van der Waals surface area contributed by atoms with Gasteiger partial charge in [-0.05, 0) is 34.1 Å². The first-order valence-electron chi connectivity index (χ1n) is 10.5. The molecule has 1 aromatic heterocycles. The third-order valence-electron chi connectivity index (χ3n) is 4.75. The van der Waals surface area contributed by atoms with Crippen LogP contribution in [0.15, 0.2) is 21.9 Å². The molecule has 1 aliphatic heterocycles. The van der Waals surface area contributed by atoms with Crippen LogP contribution in [0.5, 0.6) is 0 Å². The number of hydrogen-bond acceptors (Lipinski definition) is 9. The summed E-state index contributed by atoms with van der Waals surface area (Å²) in [5.41, 5.74) is -1.34. The van der Waals surface area contributed by atoms with Crippen molar-refractivity contribution in [2.24, 2.45) is 0 Å². The Morgan fingerprint density at radius 2 is 2.12 bits per heavy atom. The number of alkyl halides is 1. The highest BCUT2D eigenvalue weighted by Crippen LogP contribution is 2.57. The summed E-state index contributed by atoms with van der Waals surface area (Å²) in [5.74, 6) is -0.0821. The molecule has 1 saturated heterocycles. The number of aliphatic hydroxyl groups excluding tert-OH is 1. The summed E-state index contributed by atoms with van der Waals surface area (Å²) in [5, 5.41) is 13.4. The van der Waals surface area contributed by atoms with Crippen LogP contribution in [0.4, 0.5) is 0 Å². The molecule has 2 heterocycles. The summed E-state index contributed by atoms with van der Waals surface area (Å²) in [6.07, 6.45) is -1.86. The van der Waals surface area contributed by atoms with Crippen molar-refractivity contribution >= 4 is 35.7 Å². The van der Waals surface area contributed by atoms with Crippen LogP contribution in [-0.4, -0.2) is 62.2 Å². The number of esters is 1. The Labute approximate surface area is 200 Å². The highest BCUT2D eigenvalue weighted by atomic mass is 35.5. The molecule has 2 rings (SSSR count). The summed E-state index contributed by atoms with van der Waals surface area (Å²) in [6.45, 7) is 4.39. The molecular weight excluding hydrogens is 497 g/mol. The molecule has 0 amide bonds. The predicted molar refractivity (Wildman–Crippen MR) is 126 cm³/mol. The van der Waals surface area contributed by atoms with Gasteiger partial charge in [0.2, 0.25) is 0 Å². The van der Waals surface area contributed by atoms with Crippen LogP contribution in [0.3, 0.4) is 0 Å². The van der Waals surface area contributed by atoms with Crippen molar-refractivity contribution in [2.45, 2.75) is 76.5 Å². The van der Waals surface area contributed by atoms with E-state index in [-0.39, 0.29) is 12.7 Å². The number of aromatic amines is 1. The molecule has 11 nitrogen and oxygen atoms in total. The van der Waals surface area contributed by atoms with Gasteiger partial charge in [0.1, 0.15) is 23.1 Å². The van der Waals surface area contributed by atoms with Crippen LogP contribution in [0.1, 0.15) is 47.3 Å². The highest BCUT2D eigenvalue weighted by Gasteiger charge is 2.54. The fourth-order valence-corrected chi connectivity index (χ4v) is 7.32. The topological polar surface area (TPSA) is 149 Å². The van der Waals surface area contributed by atoms with E-state index < -0.39 is 53.3 Å². The largest absolute Gasteiger partial charge is 0.462 e. The molecule has 6 atom stereocenters. The van der Waals surface area contributed by atoms with E-state index in [9.17, 15) is 24.1 Å². The number of rotatable bonds is 11. The Kier molecular flexibility index (Phi) is 9.81. The van der Waals surface area contributed by atoms with Gasteiger partial charge >= 0.3 is 18.4 Å². The van der Waals surface area contributed by atoms with Crippen molar-refractivity contribution in [3.63, 3.8) is 0 Å². The Morgan fingerprint density at radius 1 is 1.45 bits per heavy atom. The number of H-pyrrole nitrogens is 1. The molecule has 33 heavy (non-hydrogen) atoms. The first-order chi connectivity index (χ1) is 15.3. The minimum absolute atomic E-state index is 0.328. The minimum Gasteiger partial charge on any atom is -0.462 e. The van der Waals surface area contributed by atoms with Crippen LogP contribution in [-0.2, 0) is 23.4 Å². The second-order valence-corrected chi connectivity index (χ2v) is 13.3. The summed E-state index contributed by atoms with van der Waals surface area (Å²) in [4.78, 5) is 36.3. The Balaban J connectivity index is 2.16. The van der Waals surface area contributed by atoms with Crippen molar-refractivity contribution in [2.75, 3.05) is 12.4 Å². The standard InChI is InChI=1S/C19H31ClN3O8PS/c1-6-9-33-32(28,22-12(4)16(26)30-11(2)3)29-10-13-15(25)19(5,20)17(31-13)23-8-7-14(24)21-18(23)27/h7-8,11-13,15,17,25H,6,9-10H2,1-5H3,(H,22,28)(H,21,24,27)/t12-,13-,15-,17-,19-,32?/m1/s1. The van der Waals surface area contributed by atoms with E-state index in [0.717, 1.165) is 22.0 Å². The zero-order chi connectivity index (χ0) is 25.0. The number of nitrogens with zero attached hydrogens (tertiary/aromatic N) is 1. The second kappa shape index (κ2) is 11.5. The molecule has 14 heteroatoms. The molecule has 0 bridgehead atoms. The maximum absolute atomic E-state index is 13.4. The van der Waals surface area contributed by atoms with Crippen LogP contribution in [0, 0.1) is 0 Å². The molecule has 1 unspecified atom stereocenters. The summed E-state index contributed by atoms with van der Waals surface area (Å²) in [7, 11) is 0. The third-order valence-corrected chi connectivity index (χ3v) is 9.49. The van der Waals surface area contributed by atoms with Gasteiger partial charge < -0.3 is 19.1 Å². The van der Waals surface area contributed by atoms with E-state index in [1.54, 1.807) is 13.8 Å². The first kappa shape index (κ1) is 28.1. The van der Waals surface area contributed by atoms with Crippen molar-refractivity contribution in [3.8, 4) is 0 Å². The molecule has 0 radical (unpaired) electrons. The first-order valence-corrected chi connectivity index (χ1v) is 14.1. The van der Waals surface area contributed by atoms with E-state index in [4.69, 9.17) is 25.6 Å². The number of hydrogen-bond donors (Lipinski definition) is 3. The van der Waals surface area contributed by atoms with Gasteiger partial charge in [0.05, 0.1) is 12.7 Å². The molecule has 1 aliphatic rings. The monoisotopic (exact) mass is 527 g/mol. The minimum atomic E-state index is -3.60. The van der Waals surface area contributed by atoms with Gasteiger partial charge in [-0.2, -0.15) is 0 Å². The van der Waals surface area contributed by atoms with Gasteiger partial charge in [-0.1, -0.05) is 18.3 Å². The Morgan fingerprint density at radius 3 is 2.70 bits per heavy atom. The average molecular weight is 528 g/mol. The quantitative estimate of drug-likeness (QED) is 0.221. The summed E-state index contributed by atoms with van der Waals surface area (Å²) < 4.78 is 31.0. The molecule has 3 N–H and O–H groups in total. The Hall–Kier alpha value is -1.14. The number of ether oxygens (including phenoxy) is 2. The fraction of sp³-hybridized carbons (Fsp3) is 0.737. The number of halogens is 1. The average Bonchev–Trinajstić information content (AvgIpc) is 2.94. The normalized spacial score (nSPS) is 27.9. The SMILES string of the molecule is CCCSP(=O)(N[C@H](C)C(=O)OC(C)C)OC[C@H]1O[C@@H](n2ccc(=O)[nH]c2=O)[C@](C)(Cl)[C@@H]1O. The third kappa shape index (κ3) is 7.17. The molecule has 1 fully saturated rings. The molecule has 0 saturated carbocycles. The maximum atomic E-state index is 13.4. The van der Waals surface area contributed by atoms with Crippen LogP contribution < -0.4 is 16.3 Å². The van der Waals surface area contributed by atoms with Gasteiger partial charge in [-0.3, -0.25) is 23.7 Å². The maximum Gasteiger partial charge on any atom is 0.330 e. The zero-order valence-corrected chi connectivity index (χ0v) is 21.6. The van der Waals surface area contributed by atoms with Crippen molar-refractivity contribution in [3.05, 3.63) is 33.1 Å². The fourth-order valence-electron chi connectivity index (χ4n) is 3.08. The molecule has 0 spiro atoms. The van der Waals surface area contributed by atoms with E-state index in [2.05, 4.69) is 10.1 Å². The van der Waals surface area contributed by atoms with Gasteiger partial charge in [0.25, 0.3) is 5.56 Å². The van der Waals surface area contributed by atoms with Crippen molar-refractivity contribution in [1.29, 1.82) is 0 Å². The number of aliphatic hydroxyl groups is 1. The van der Waals surface area contributed by atoms with Gasteiger partial charge in [0.15, 0.2) is 6.23 Å². The lowest BCUT2D eigenvalue weighted by molar-refractivity contribution is -0.149. The van der Waals surface area contributed by atoms with Crippen LogP contribution in [0.2, 0.25) is 0 Å². The van der Waals surface area contributed by atoms with Gasteiger partial charge in [-0.15, -0.1) is 11.6 Å². The Bertz CT molecular complexity index is 984. The summed E-state index contributed by atoms with van der Waals surface area (Å²) in [6, 6.07) is 0.230. The molecule has 0 aliphatic carbocycles. The van der Waals surface area contributed by atoms with Gasteiger partial charge in [0, 0.05) is 18.0 Å². The van der Waals surface area contributed by atoms with E-state index in [1.165, 1.54) is 20.0 Å². The number of aromatic nitrogens is 2. The lowest BCUT2D eigenvalue weighted by atomic mass is 10.0.